The zero-order chi connectivity index (χ0) is 14.0. The molecular formula is C15H24N2O3. The second kappa shape index (κ2) is 5.72. The minimum Gasteiger partial charge on any atom is -0.461 e. The molecule has 2 aliphatic heterocycles. The zero-order valence-electron chi connectivity index (χ0n) is 12.3. The average Bonchev–Trinajstić information content (AvgIpc) is 3.04. The number of carbonyl (C=O) groups excluding carboxylic acids is 1. The highest BCUT2D eigenvalue weighted by molar-refractivity contribution is 6.37. The molecule has 1 saturated heterocycles. The molecule has 0 bridgehead atoms. The first-order valence-corrected chi connectivity index (χ1v) is 7.96. The Hall–Kier alpha value is -1.10. The van der Waals surface area contributed by atoms with Crippen LogP contribution in [0.3, 0.4) is 0 Å². The third-order valence-electron chi connectivity index (χ3n) is 4.83. The van der Waals surface area contributed by atoms with Crippen LogP contribution in [0.2, 0.25) is 0 Å². The topological polar surface area (TPSA) is 51.1 Å². The van der Waals surface area contributed by atoms with E-state index in [1.165, 1.54) is 19.3 Å². The van der Waals surface area contributed by atoms with Crippen LogP contribution in [0.25, 0.3) is 0 Å². The van der Waals surface area contributed by atoms with E-state index in [0.29, 0.717) is 12.3 Å². The van der Waals surface area contributed by atoms with Crippen LogP contribution in [0.15, 0.2) is 5.16 Å². The molecule has 0 spiro atoms. The monoisotopic (exact) mass is 280 g/mol. The van der Waals surface area contributed by atoms with Gasteiger partial charge in [-0.3, -0.25) is 4.90 Å². The minimum atomic E-state index is -0.366. The molecule has 2 heterocycles. The SMILES string of the molecule is CCOC(=O)C1=NOC2(N3CCCC3)CCCCCC12. The molecule has 2 unspecified atom stereocenters. The van der Waals surface area contributed by atoms with E-state index in [-0.39, 0.29) is 17.6 Å². The summed E-state index contributed by atoms with van der Waals surface area (Å²) in [5, 5.41) is 4.16. The molecule has 0 radical (unpaired) electrons. The van der Waals surface area contributed by atoms with Crippen molar-refractivity contribution >= 4 is 11.7 Å². The van der Waals surface area contributed by atoms with Crippen molar-refractivity contribution in [3.05, 3.63) is 0 Å². The lowest BCUT2D eigenvalue weighted by Crippen LogP contribution is -2.53. The maximum absolute atomic E-state index is 12.1. The van der Waals surface area contributed by atoms with Gasteiger partial charge in [0.25, 0.3) is 0 Å². The predicted octanol–water partition coefficient (Wildman–Crippen LogP) is 2.31. The molecule has 3 aliphatic rings. The van der Waals surface area contributed by atoms with Crippen molar-refractivity contribution in [3.8, 4) is 0 Å². The van der Waals surface area contributed by atoms with Crippen LogP contribution in [0.5, 0.6) is 0 Å². The number of ether oxygens (including phenoxy) is 1. The van der Waals surface area contributed by atoms with Gasteiger partial charge in [0.05, 0.1) is 12.5 Å². The van der Waals surface area contributed by atoms with Gasteiger partial charge < -0.3 is 9.57 Å². The van der Waals surface area contributed by atoms with E-state index in [1.807, 2.05) is 6.92 Å². The highest BCUT2D eigenvalue weighted by Gasteiger charge is 2.55. The smallest absolute Gasteiger partial charge is 0.356 e. The highest BCUT2D eigenvalue weighted by atomic mass is 16.7. The lowest BCUT2D eigenvalue weighted by atomic mass is 9.86. The fourth-order valence-corrected chi connectivity index (χ4v) is 3.87. The van der Waals surface area contributed by atoms with Gasteiger partial charge in [0.1, 0.15) is 0 Å². The van der Waals surface area contributed by atoms with Gasteiger partial charge in [0.15, 0.2) is 11.4 Å². The standard InChI is InChI=1S/C15H24N2O3/c1-2-19-14(18)13-12-8-4-3-5-9-15(12,20-16-13)17-10-6-7-11-17/h12H,2-11H2,1H3. The number of rotatable bonds is 3. The summed E-state index contributed by atoms with van der Waals surface area (Å²) in [6.45, 7) is 4.33. The molecule has 3 rings (SSSR count). The molecule has 0 aromatic heterocycles. The molecule has 0 N–H and O–H groups in total. The van der Waals surface area contributed by atoms with Gasteiger partial charge in [0, 0.05) is 19.5 Å². The molecule has 1 saturated carbocycles. The summed E-state index contributed by atoms with van der Waals surface area (Å²) in [5.74, 6) is -0.206. The van der Waals surface area contributed by atoms with Gasteiger partial charge in [-0.2, -0.15) is 0 Å². The number of nitrogens with zero attached hydrogens (tertiary/aromatic N) is 2. The zero-order valence-corrected chi connectivity index (χ0v) is 12.3. The van der Waals surface area contributed by atoms with E-state index in [1.54, 1.807) is 0 Å². The molecule has 0 amide bonds. The Balaban J connectivity index is 1.85. The van der Waals surface area contributed by atoms with E-state index in [2.05, 4.69) is 10.1 Å². The summed E-state index contributed by atoms with van der Waals surface area (Å²) in [6.07, 6.45) is 7.89. The van der Waals surface area contributed by atoms with Gasteiger partial charge >= 0.3 is 5.97 Å². The van der Waals surface area contributed by atoms with Crippen molar-refractivity contribution < 1.29 is 14.4 Å². The van der Waals surface area contributed by atoms with E-state index in [9.17, 15) is 4.79 Å². The van der Waals surface area contributed by atoms with E-state index in [4.69, 9.17) is 9.57 Å². The first kappa shape index (κ1) is 13.9. The summed E-state index contributed by atoms with van der Waals surface area (Å²) in [7, 11) is 0. The van der Waals surface area contributed by atoms with Gasteiger partial charge in [-0.05, 0) is 32.6 Å². The summed E-state index contributed by atoms with van der Waals surface area (Å²) >= 11 is 0. The number of fused-ring (bicyclic) bond motifs is 1. The molecule has 2 atom stereocenters. The Labute approximate surface area is 120 Å². The Bertz CT molecular complexity index is 404. The van der Waals surface area contributed by atoms with Crippen molar-refractivity contribution in [2.45, 2.75) is 57.6 Å². The van der Waals surface area contributed by atoms with Crippen molar-refractivity contribution in [2.75, 3.05) is 19.7 Å². The highest BCUT2D eigenvalue weighted by Crippen LogP contribution is 2.44. The summed E-state index contributed by atoms with van der Waals surface area (Å²) < 4.78 is 5.16. The van der Waals surface area contributed by atoms with Gasteiger partial charge in [0.2, 0.25) is 0 Å². The van der Waals surface area contributed by atoms with Crippen LogP contribution in [0.1, 0.15) is 51.9 Å². The second-order valence-corrected chi connectivity index (χ2v) is 5.98. The van der Waals surface area contributed by atoms with Crippen molar-refractivity contribution in [2.24, 2.45) is 11.1 Å². The van der Waals surface area contributed by atoms with Crippen LogP contribution in [0, 0.1) is 5.92 Å². The van der Waals surface area contributed by atoms with Crippen LogP contribution in [0.4, 0.5) is 0 Å². The fraction of sp³-hybridized carbons (Fsp3) is 0.867. The lowest BCUT2D eigenvalue weighted by Gasteiger charge is -2.39. The van der Waals surface area contributed by atoms with Crippen molar-refractivity contribution in [1.82, 2.24) is 4.90 Å². The van der Waals surface area contributed by atoms with Gasteiger partial charge in [-0.15, -0.1) is 0 Å². The molecular weight excluding hydrogens is 256 g/mol. The van der Waals surface area contributed by atoms with Crippen LogP contribution >= 0.6 is 0 Å². The lowest BCUT2D eigenvalue weighted by molar-refractivity contribution is -0.157. The number of hydrogen-bond donors (Lipinski definition) is 0. The molecule has 112 valence electrons. The van der Waals surface area contributed by atoms with Crippen LogP contribution in [-0.2, 0) is 14.4 Å². The Morgan fingerprint density at radius 2 is 2.15 bits per heavy atom. The third-order valence-corrected chi connectivity index (χ3v) is 4.83. The van der Waals surface area contributed by atoms with Crippen LogP contribution < -0.4 is 0 Å². The Kier molecular flexibility index (Phi) is 3.96. The molecule has 5 nitrogen and oxygen atoms in total. The summed E-state index contributed by atoms with van der Waals surface area (Å²) in [5.41, 5.74) is 0.149. The van der Waals surface area contributed by atoms with E-state index in [0.717, 1.165) is 38.8 Å². The van der Waals surface area contributed by atoms with Crippen molar-refractivity contribution in [1.29, 1.82) is 0 Å². The molecule has 2 fully saturated rings. The second-order valence-electron chi connectivity index (χ2n) is 5.98. The Morgan fingerprint density at radius 3 is 2.90 bits per heavy atom. The largest absolute Gasteiger partial charge is 0.461 e. The number of oxime groups is 1. The molecule has 0 aromatic rings. The number of carbonyl (C=O) groups is 1. The number of hydrogen-bond acceptors (Lipinski definition) is 5. The first-order valence-electron chi connectivity index (χ1n) is 7.96. The van der Waals surface area contributed by atoms with Crippen molar-refractivity contribution in [3.63, 3.8) is 0 Å². The normalized spacial score (nSPS) is 34.0. The summed E-state index contributed by atoms with van der Waals surface area (Å²) in [6, 6.07) is 0. The summed E-state index contributed by atoms with van der Waals surface area (Å²) in [4.78, 5) is 20.4. The maximum Gasteiger partial charge on any atom is 0.356 e. The molecule has 1 aliphatic carbocycles. The molecule has 5 heteroatoms. The van der Waals surface area contributed by atoms with E-state index < -0.39 is 0 Å². The average molecular weight is 280 g/mol. The molecule has 20 heavy (non-hydrogen) atoms. The van der Waals surface area contributed by atoms with Crippen LogP contribution in [-0.4, -0.2) is 42.0 Å². The maximum atomic E-state index is 12.1. The number of esters is 1. The van der Waals surface area contributed by atoms with Gasteiger partial charge in [-0.25, -0.2) is 4.79 Å². The Morgan fingerprint density at radius 1 is 1.35 bits per heavy atom. The molecule has 0 aromatic carbocycles. The fourth-order valence-electron chi connectivity index (χ4n) is 3.87. The van der Waals surface area contributed by atoms with Gasteiger partial charge in [-0.1, -0.05) is 18.0 Å². The quantitative estimate of drug-likeness (QED) is 0.744. The predicted molar refractivity (Wildman–Crippen MR) is 75.3 cm³/mol. The first-order chi connectivity index (χ1) is 9.78. The minimum absolute atomic E-state index is 0.0853. The third kappa shape index (κ3) is 2.22. The number of likely N-dealkylation sites (tertiary alicyclic amines) is 1. The van der Waals surface area contributed by atoms with E-state index >= 15 is 0 Å².